The number of hydrogen-bond donors (Lipinski definition) is 2. The Hall–Kier alpha value is -2.01. The van der Waals surface area contributed by atoms with Crippen LogP contribution in [0.3, 0.4) is 0 Å². The smallest absolute Gasteiger partial charge is 0.257 e. The first-order valence-corrected chi connectivity index (χ1v) is 7.42. The second kappa shape index (κ2) is 7.13. The Balaban J connectivity index is 2.26. The van der Waals surface area contributed by atoms with E-state index >= 15 is 0 Å². The summed E-state index contributed by atoms with van der Waals surface area (Å²) >= 11 is 3.42. The van der Waals surface area contributed by atoms with E-state index in [0.717, 1.165) is 16.7 Å². The molecule has 2 N–H and O–H groups in total. The maximum atomic E-state index is 12.4. The molecule has 110 valence electrons. The van der Waals surface area contributed by atoms with Gasteiger partial charge in [0.05, 0.1) is 18.4 Å². The van der Waals surface area contributed by atoms with Crippen LogP contribution < -0.4 is 15.4 Å². The number of carbonyl (C=O) groups is 1. The first kappa shape index (κ1) is 15.4. The molecule has 0 aliphatic rings. The zero-order chi connectivity index (χ0) is 15.2. The largest absolute Gasteiger partial charge is 0.497 e. The van der Waals surface area contributed by atoms with Gasteiger partial charge in [-0.3, -0.25) is 4.79 Å². The number of hydrogen-bond acceptors (Lipinski definition) is 3. The fraction of sp³-hybridized carbons (Fsp3) is 0.188. The molecule has 4 nitrogen and oxygen atoms in total. The van der Waals surface area contributed by atoms with Crippen molar-refractivity contribution in [1.82, 2.24) is 0 Å². The van der Waals surface area contributed by atoms with E-state index < -0.39 is 0 Å². The van der Waals surface area contributed by atoms with Gasteiger partial charge >= 0.3 is 0 Å². The lowest BCUT2D eigenvalue weighted by molar-refractivity contribution is 0.102. The van der Waals surface area contributed by atoms with Crippen LogP contribution in [0.5, 0.6) is 5.75 Å². The molecule has 0 saturated carbocycles. The molecule has 0 radical (unpaired) electrons. The molecule has 0 fully saturated rings. The van der Waals surface area contributed by atoms with Gasteiger partial charge in [0.25, 0.3) is 5.91 Å². The highest BCUT2D eigenvalue weighted by atomic mass is 79.9. The summed E-state index contributed by atoms with van der Waals surface area (Å²) in [6, 6.07) is 12.9. The van der Waals surface area contributed by atoms with Gasteiger partial charge in [0, 0.05) is 22.8 Å². The topological polar surface area (TPSA) is 50.4 Å². The van der Waals surface area contributed by atoms with Crippen LogP contribution in [-0.2, 0) is 0 Å². The SMILES string of the molecule is CCNc1ccccc1C(=O)Nc1cc(OC)ccc1Br. The molecule has 5 heteroatoms. The zero-order valence-electron chi connectivity index (χ0n) is 11.9. The molecule has 0 heterocycles. The minimum Gasteiger partial charge on any atom is -0.497 e. The molecule has 2 aromatic carbocycles. The molecule has 0 unspecified atom stereocenters. The number of rotatable bonds is 5. The third-order valence-electron chi connectivity index (χ3n) is 2.96. The Labute approximate surface area is 132 Å². The van der Waals surface area contributed by atoms with E-state index in [1.165, 1.54) is 0 Å². The fourth-order valence-corrected chi connectivity index (χ4v) is 2.29. The van der Waals surface area contributed by atoms with E-state index in [9.17, 15) is 4.79 Å². The number of carbonyl (C=O) groups excluding carboxylic acids is 1. The van der Waals surface area contributed by atoms with Crippen molar-refractivity contribution in [2.24, 2.45) is 0 Å². The molecule has 0 aromatic heterocycles. The molecule has 0 aliphatic heterocycles. The van der Waals surface area contributed by atoms with Crippen LogP contribution in [0.2, 0.25) is 0 Å². The summed E-state index contributed by atoms with van der Waals surface area (Å²) in [6.45, 7) is 2.75. The summed E-state index contributed by atoms with van der Waals surface area (Å²) in [6.07, 6.45) is 0. The normalized spacial score (nSPS) is 10.0. The number of anilines is 2. The van der Waals surface area contributed by atoms with Crippen LogP contribution in [0, 0.1) is 0 Å². The second-order valence-corrected chi connectivity index (χ2v) is 5.23. The van der Waals surface area contributed by atoms with E-state index in [1.807, 2.05) is 37.3 Å². The summed E-state index contributed by atoms with van der Waals surface area (Å²) in [7, 11) is 1.59. The molecule has 2 rings (SSSR count). The quantitative estimate of drug-likeness (QED) is 0.853. The highest BCUT2D eigenvalue weighted by Gasteiger charge is 2.12. The van der Waals surface area contributed by atoms with Crippen LogP contribution in [0.15, 0.2) is 46.9 Å². The van der Waals surface area contributed by atoms with Crippen LogP contribution in [0.1, 0.15) is 17.3 Å². The van der Waals surface area contributed by atoms with E-state index in [-0.39, 0.29) is 5.91 Å². The van der Waals surface area contributed by atoms with Crippen LogP contribution >= 0.6 is 15.9 Å². The van der Waals surface area contributed by atoms with Crippen molar-refractivity contribution in [2.75, 3.05) is 24.3 Å². The fourth-order valence-electron chi connectivity index (χ4n) is 1.94. The molecule has 1 amide bonds. The molecule has 2 aromatic rings. The number of ether oxygens (including phenoxy) is 1. The molecular weight excluding hydrogens is 332 g/mol. The van der Waals surface area contributed by atoms with Crippen molar-refractivity contribution in [3.63, 3.8) is 0 Å². The van der Waals surface area contributed by atoms with Gasteiger partial charge in [0.2, 0.25) is 0 Å². The van der Waals surface area contributed by atoms with Crippen molar-refractivity contribution in [3.8, 4) is 5.75 Å². The van der Waals surface area contributed by atoms with Gasteiger partial charge in [-0.25, -0.2) is 0 Å². The summed E-state index contributed by atoms with van der Waals surface area (Å²) < 4.78 is 5.98. The average Bonchev–Trinajstić information content (AvgIpc) is 2.50. The predicted molar refractivity (Wildman–Crippen MR) is 89.3 cm³/mol. The number of halogens is 1. The summed E-state index contributed by atoms with van der Waals surface area (Å²) in [5, 5.41) is 6.08. The predicted octanol–water partition coefficient (Wildman–Crippen LogP) is 4.14. The first-order valence-electron chi connectivity index (χ1n) is 6.63. The van der Waals surface area contributed by atoms with Gasteiger partial charge in [-0.05, 0) is 47.1 Å². The minimum absolute atomic E-state index is 0.166. The van der Waals surface area contributed by atoms with Gasteiger partial charge < -0.3 is 15.4 Å². The zero-order valence-corrected chi connectivity index (χ0v) is 13.5. The summed E-state index contributed by atoms with van der Waals surface area (Å²) in [4.78, 5) is 12.4. The van der Waals surface area contributed by atoms with E-state index in [1.54, 1.807) is 19.2 Å². The number of para-hydroxylation sites is 1. The summed E-state index contributed by atoms with van der Waals surface area (Å²) in [5.41, 5.74) is 2.09. The highest BCUT2D eigenvalue weighted by Crippen LogP contribution is 2.28. The van der Waals surface area contributed by atoms with Crippen molar-refractivity contribution >= 4 is 33.2 Å². The second-order valence-electron chi connectivity index (χ2n) is 4.38. The molecule has 0 saturated heterocycles. The summed E-state index contributed by atoms with van der Waals surface area (Å²) in [5.74, 6) is 0.522. The van der Waals surface area contributed by atoms with E-state index in [4.69, 9.17) is 4.74 Å². The Bertz CT molecular complexity index is 644. The first-order chi connectivity index (χ1) is 10.2. The highest BCUT2D eigenvalue weighted by molar-refractivity contribution is 9.10. The van der Waals surface area contributed by atoms with Crippen LogP contribution in [-0.4, -0.2) is 19.6 Å². The maximum Gasteiger partial charge on any atom is 0.257 e. The van der Waals surface area contributed by atoms with Gasteiger partial charge in [-0.1, -0.05) is 12.1 Å². The maximum absolute atomic E-state index is 12.4. The standard InChI is InChI=1S/C16H17BrN2O2/c1-3-18-14-7-5-4-6-12(14)16(20)19-15-10-11(21-2)8-9-13(15)17/h4-10,18H,3H2,1-2H3,(H,19,20). The molecule has 0 aliphatic carbocycles. The average molecular weight is 349 g/mol. The molecular formula is C16H17BrN2O2. The van der Waals surface area contributed by atoms with Gasteiger partial charge in [-0.15, -0.1) is 0 Å². The molecule has 0 spiro atoms. The monoisotopic (exact) mass is 348 g/mol. The Morgan fingerprint density at radius 2 is 1.95 bits per heavy atom. The van der Waals surface area contributed by atoms with Gasteiger partial charge in [0.1, 0.15) is 5.75 Å². The van der Waals surface area contributed by atoms with Crippen LogP contribution in [0.25, 0.3) is 0 Å². The van der Waals surface area contributed by atoms with Gasteiger partial charge in [0.15, 0.2) is 0 Å². The Morgan fingerprint density at radius 3 is 2.67 bits per heavy atom. The van der Waals surface area contributed by atoms with Crippen molar-refractivity contribution in [1.29, 1.82) is 0 Å². The Morgan fingerprint density at radius 1 is 1.19 bits per heavy atom. The van der Waals surface area contributed by atoms with Gasteiger partial charge in [-0.2, -0.15) is 0 Å². The lowest BCUT2D eigenvalue weighted by Gasteiger charge is -2.12. The third kappa shape index (κ3) is 3.76. The molecule has 21 heavy (non-hydrogen) atoms. The number of amides is 1. The third-order valence-corrected chi connectivity index (χ3v) is 3.65. The van der Waals surface area contributed by atoms with Crippen LogP contribution in [0.4, 0.5) is 11.4 Å². The molecule has 0 bridgehead atoms. The number of nitrogens with one attached hydrogen (secondary N) is 2. The minimum atomic E-state index is -0.166. The van der Waals surface area contributed by atoms with Crippen molar-refractivity contribution < 1.29 is 9.53 Å². The Kier molecular flexibility index (Phi) is 5.22. The lowest BCUT2D eigenvalue weighted by Crippen LogP contribution is -2.15. The molecule has 0 atom stereocenters. The van der Waals surface area contributed by atoms with E-state index in [2.05, 4.69) is 26.6 Å². The van der Waals surface area contributed by atoms with Crippen molar-refractivity contribution in [3.05, 3.63) is 52.5 Å². The lowest BCUT2D eigenvalue weighted by atomic mass is 10.1. The van der Waals surface area contributed by atoms with E-state index in [0.29, 0.717) is 17.0 Å². The number of benzene rings is 2. The number of methoxy groups -OCH3 is 1. The van der Waals surface area contributed by atoms with Crippen molar-refractivity contribution in [2.45, 2.75) is 6.92 Å².